The lowest BCUT2D eigenvalue weighted by atomic mass is 9.92. The van der Waals surface area contributed by atoms with Gasteiger partial charge in [-0.2, -0.15) is 0 Å². The molecule has 0 bridgehead atoms. The Kier molecular flexibility index (Phi) is 14.1. The third-order valence-corrected chi connectivity index (χ3v) is 10.4. The molecule has 2 N–H and O–H groups in total. The molecule has 1 aliphatic heterocycles. The number of rotatable bonds is 13. The van der Waals surface area contributed by atoms with Gasteiger partial charge >= 0.3 is 0 Å². The van der Waals surface area contributed by atoms with Crippen molar-refractivity contribution in [1.29, 1.82) is 0 Å². The van der Waals surface area contributed by atoms with E-state index in [9.17, 15) is 4.79 Å². The van der Waals surface area contributed by atoms with Crippen LogP contribution in [0.5, 0.6) is 5.75 Å². The Morgan fingerprint density at radius 3 is 2.20 bits per heavy atom. The first-order chi connectivity index (χ1) is 24.0. The number of amides is 1. The van der Waals surface area contributed by atoms with Crippen molar-refractivity contribution < 1.29 is 9.53 Å². The molecule has 2 aromatic heterocycles. The second kappa shape index (κ2) is 18.5. The van der Waals surface area contributed by atoms with Crippen LogP contribution in [0.2, 0.25) is 10.0 Å². The first-order valence-corrected chi connectivity index (χ1v) is 18.8. The molecular weight excluding hydrogens is 722 g/mol. The molecule has 0 unspecified atom stereocenters. The van der Waals surface area contributed by atoms with Crippen LogP contribution in [0.4, 0.5) is 5.69 Å². The SMILES string of the molecule is Cl.Cl.O=C(NCCCCCCCCCNc1c2c(nc3cc(Cl)ccc13)CCCC2)c1ccc2nc(-c3ccc(Cl)cc3)c3c(c2c1)OCCC3. The van der Waals surface area contributed by atoms with E-state index >= 15 is 0 Å². The Bertz CT molecular complexity index is 1970. The number of halogens is 4. The third-order valence-electron chi connectivity index (χ3n) is 9.90. The number of nitrogens with zero attached hydrogens (tertiary/aromatic N) is 2. The number of pyridine rings is 2. The maximum absolute atomic E-state index is 13.1. The summed E-state index contributed by atoms with van der Waals surface area (Å²) in [5, 5.41) is 10.4. The number of unbranched alkanes of at least 4 members (excludes halogenated alkanes) is 6. The number of anilines is 1. The van der Waals surface area contributed by atoms with Crippen molar-refractivity contribution in [3.63, 3.8) is 0 Å². The van der Waals surface area contributed by atoms with Crippen molar-refractivity contribution in [1.82, 2.24) is 15.3 Å². The van der Waals surface area contributed by atoms with Gasteiger partial charge in [-0.1, -0.05) is 67.4 Å². The number of ether oxygens (including phenoxy) is 1. The number of hydrogen-bond donors (Lipinski definition) is 2. The van der Waals surface area contributed by atoms with Crippen molar-refractivity contribution in [3.05, 3.63) is 93.1 Å². The van der Waals surface area contributed by atoms with Crippen LogP contribution in [0.25, 0.3) is 33.1 Å². The van der Waals surface area contributed by atoms with Crippen LogP contribution in [0.1, 0.15) is 91.4 Å². The van der Waals surface area contributed by atoms with E-state index in [4.69, 9.17) is 37.9 Å². The highest BCUT2D eigenvalue weighted by atomic mass is 35.5. The van der Waals surface area contributed by atoms with E-state index in [0.717, 1.165) is 95.5 Å². The van der Waals surface area contributed by atoms with Crippen molar-refractivity contribution in [2.75, 3.05) is 25.0 Å². The maximum Gasteiger partial charge on any atom is 0.251 e. The fourth-order valence-electron chi connectivity index (χ4n) is 7.33. The molecule has 3 aromatic carbocycles. The molecule has 0 radical (unpaired) electrons. The van der Waals surface area contributed by atoms with E-state index in [1.54, 1.807) is 0 Å². The average Bonchev–Trinajstić information content (AvgIpc) is 3.13. The highest BCUT2D eigenvalue weighted by Gasteiger charge is 2.22. The van der Waals surface area contributed by atoms with E-state index in [-0.39, 0.29) is 30.7 Å². The average molecular weight is 769 g/mol. The number of hydrogen-bond acceptors (Lipinski definition) is 5. The van der Waals surface area contributed by atoms with Gasteiger partial charge in [-0.05, 0) is 105 Å². The molecule has 51 heavy (non-hydrogen) atoms. The fourth-order valence-corrected chi connectivity index (χ4v) is 7.63. The molecule has 3 heterocycles. The summed E-state index contributed by atoms with van der Waals surface area (Å²) in [5.41, 5.74) is 9.43. The molecule has 10 heteroatoms. The summed E-state index contributed by atoms with van der Waals surface area (Å²) in [4.78, 5) is 23.0. The quantitative estimate of drug-likeness (QED) is 0.117. The van der Waals surface area contributed by atoms with Gasteiger partial charge in [0.1, 0.15) is 5.75 Å². The highest BCUT2D eigenvalue weighted by Crippen LogP contribution is 2.39. The fraction of sp³-hybridized carbons (Fsp3) is 0.390. The Morgan fingerprint density at radius 2 is 1.39 bits per heavy atom. The molecule has 0 saturated carbocycles. The number of aromatic nitrogens is 2. The van der Waals surface area contributed by atoms with Gasteiger partial charge in [0.15, 0.2) is 0 Å². The Hall–Kier alpha value is -3.29. The third kappa shape index (κ3) is 9.21. The van der Waals surface area contributed by atoms with E-state index in [1.807, 2.05) is 54.6 Å². The summed E-state index contributed by atoms with van der Waals surface area (Å²) in [6, 6.07) is 19.6. The molecule has 5 aromatic rings. The first-order valence-electron chi connectivity index (χ1n) is 18.0. The number of fused-ring (bicyclic) bond motifs is 5. The largest absolute Gasteiger partial charge is 0.493 e. The van der Waals surface area contributed by atoms with E-state index in [0.29, 0.717) is 23.7 Å². The number of carbonyl (C=O) groups is 1. The molecule has 0 saturated heterocycles. The molecular formula is C41H46Cl4N4O2. The molecule has 1 amide bonds. The maximum atomic E-state index is 13.1. The number of carbonyl (C=O) groups excluding carboxylic acids is 1. The minimum Gasteiger partial charge on any atom is -0.493 e. The van der Waals surface area contributed by atoms with E-state index < -0.39 is 0 Å². The second-order valence-electron chi connectivity index (χ2n) is 13.4. The number of benzene rings is 3. The molecule has 2 aliphatic rings. The van der Waals surface area contributed by atoms with Crippen LogP contribution in [0.15, 0.2) is 60.7 Å². The standard InChI is InChI=1S/C41H44Cl2N4O2.2ClH/c42-29-17-14-27(15-18-29)38-33-12-10-24-49-40(33)34-25-28(16-21-36(34)47-38)41(48)45-23-9-5-3-1-2-4-8-22-44-39-31-11-6-7-13-35(31)46-37-26-30(43)19-20-32(37)39;;/h14-21,25-26H,1-13,22-24H2,(H,44,46)(H,45,48);2*1H. The van der Waals surface area contributed by atoms with Gasteiger partial charge in [-0.3, -0.25) is 9.78 Å². The summed E-state index contributed by atoms with van der Waals surface area (Å²) in [6.45, 7) is 2.32. The molecule has 1 aliphatic carbocycles. The van der Waals surface area contributed by atoms with Crippen LogP contribution in [0, 0.1) is 0 Å². The summed E-state index contributed by atoms with van der Waals surface area (Å²) < 4.78 is 6.18. The zero-order valence-corrected chi connectivity index (χ0v) is 32.0. The van der Waals surface area contributed by atoms with Crippen molar-refractivity contribution in [2.45, 2.75) is 83.5 Å². The van der Waals surface area contributed by atoms with Crippen LogP contribution in [0.3, 0.4) is 0 Å². The van der Waals surface area contributed by atoms with E-state index in [1.165, 1.54) is 60.9 Å². The van der Waals surface area contributed by atoms with Gasteiger partial charge in [-0.15, -0.1) is 24.8 Å². The predicted octanol–water partition coefficient (Wildman–Crippen LogP) is 11.4. The predicted molar refractivity (Wildman–Crippen MR) is 217 cm³/mol. The molecule has 0 fully saturated rings. The lowest BCUT2D eigenvalue weighted by Gasteiger charge is -2.22. The lowest BCUT2D eigenvalue weighted by Crippen LogP contribution is -2.24. The normalized spacial score (nSPS) is 13.4. The van der Waals surface area contributed by atoms with Crippen LogP contribution >= 0.6 is 48.0 Å². The molecule has 0 atom stereocenters. The van der Waals surface area contributed by atoms with E-state index in [2.05, 4.69) is 16.7 Å². The molecule has 7 rings (SSSR count). The molecule has 6 nitrogen and oxygen atoms in total. The van der Waals surface area contributed by atoms with Gasteiger partial charge in [0.25, 0.3) is 5.91 Å². The van der Waals surface area contributed by atoms with Gasteiger partial charge < -0.3 is 15.4 Å². The summed E-state index contributed by atoms with van der Waals surface area (Å²) in [7, 11) is 0. The minimum atomic E-state index is -0.0490. The number of aryl methyl sites for hydroxylation is 1. The first kappa shape index (κ1) is 38.9. The van der Waals surface area contributed by atoms with Crippen molar-refractivity contribution in [2.24, 2.45) is 0 Å². The van der Waals surface area contributed by atoms with Gasteiger partial charge in [0.2, 0.25) is 0 Å². The smallest absolute Gasteiger partial charge is 0.251 e. The summed E-state index contributed by atoms with van der Waals surface area (Å²) >= 11 is 12.4. The van der Waals surface area contributed by atoms with Crippen LogP contribution in [-0.2, 0) is 19.3 Å². The molecule has 270 valence electrons. The Balaban J connectivity index is 0.00000252. The van der Waals surface area contributed by atoms with Crippen molar-refractivity contribution >= 4 is 81.4 Å². The Morgan fingerprint density at radius 1 is 0.686 bits per heavy atom. The minimum absolute atomic E-state index is 0. The second-order valence-corrected chi connectivity index (χ2v) is 14.3. The zero-order chi connectivity index (χ0) is 33.6. The van der Waals surface area contributed by atoms with Crippen LogP contribution in [-0.4, -0.2) is 35.6 Å². The van der Waals surface area contributed by atoms with Crippen molar-refractivity contribution in [3.8, 4) is 17.0 Å². The monoisotopic (exact) mass is 766 g/mol. The molecule has 0 spiro atoms. The summed E-state index contributed by atoms with van der Waals surface area (Å²) in [5.74, 6) is 0.800. The summed E-state index contributed by atoms with van der Waals surface area (Å²) in [6.07, 6.45) is 14.6. The van der Waals surface area contributed by atoms with Gasteiger partial charge in [0.05, 0.1) is 23.3 Å². The highest BCUT2D eigenvalue weighted by molar-refractivity contribution is 6.31. The lowest BCUT2D eigenvalue weighted by molar-refractivity contribution is 0.0953. The Labute approximate surface area is 323 Å². The van der Waals surface area contributed by atoms with Gasteiger partial charge in [0, 0.05) is 62.0 Å². The number of nitrogens with one attached hydrogen (secondary N) is 2. The zero-order valence-electron chi connectivity index (χ0n) is 28.9. The van der Waals surface area contributed by atoms with Crippen LogP contribution < -0.4 is 15.4 Å². The topological polar surface area (TPSA) is 76.1 Å². The van der Waals surface area contributed by atoms with Gasteiger partial charge in [-0.25, -0.2) is 4.98 Å².